The van der Waals surface area contributed by atoms with Crippen LogP contribution in [0, 0.1) is 5.41 Å². The molecule has 220 valence electrons. The average Bonchev–Trinajstić information content (AvgIpc) is 3.64. The average molecular weight is 611 g/mol. The fraction of sp³-hybridized carbons (Fsp3) is 0.344. The number of ether oxygens (including phenoxy) is 2. The number of rotatable bonds is 10. The van der Waals surface area contributed by atoms with Gasteiger partial charge in [0.15, 0.2) is 11.5 Å². The monoisotopic (exact) mass is 609 g/mol. The topological polar surface area (TPSA) is 106 Å². The summed E-state index contributed by atoms with van der Waals surface area (Å²) in [6.07, 6.45) is 4.79. The van der Waals surface area contributed by atoms with E-state index in [1.165, 1.54) is 0 Å². The minimum absolute atomic E-state index is 0.0327. The van der Waals surface area contributed by atoms with Gasteiger partial charge in [-0.15, -0.1) is 0 Å². The highest BCUT2D eigenvalue weighted by Gasteiger charge is 2.41. The largest absolute Gasteiger partial charge is 0.454 e. The summed E-state index contributed by atoms with van der Waals surface area (Å²) in [7, 11) is 0. The van der Waals surface area contributed by atoms with Crippen molar-refractivity contribution in [2.24, 2.45) is 5.41 Å². The highest BCUT2D eigenvalue weighted by molar-refractivity contribution is 6.40. The van der Waals surface area contributed by atoms with E-state index >= 15 is 0 Å². The smallest absolute Gasteiger partial charge is 0.258 e. The van der Waals surface area contributed by atoms with Gasteiger partial charge in [-0.3, -0.25) is 14.4 Å². The molecule has 1 heterocycles. The molecule has 3 aromatic rings. The van der Waals surface area contributed by atoms with Gasteiger partial charge >= 0.3 is 0 Å². The quantitative estimate of drug-likeness (QED) is 0.246. The third-order valence-electron chi connectivity index (χ3n) is 7.89. The summed E-state index contributed by atoms with van der Waals surface area (Å²) >= 11 is 12.3. The van der Waals surface area contributed by atoms with Crippen molar-refractivity contribution in [1.29, 1.82) is 0 Å². The lowest BCUT2D eigenvalue weighted by Crippen LogP contribution is -2.45. The Balaban J connectivity index is 1.12. The van der Waals surface area contributed by atoms with Gasteiger partial charge in [0.1, 0.15) is 0 Å². The molecule has 1 atom stereocenters. The van der Waals surface area contributed by atoms with Crippen LogP contribution in [0.1, 0.15) is 65.3 Å². The molecule has 42 heavy (non-hydrogen) atoms. The van der Waals surface area contributed by atoms with E-state index in [2.05, 4.69) is 16.0 Å². The van der Waals surface area contributed by atoms with E-state index in [1.54, 1.807) is 36.4 Å². The van der Waals surface area contributed by atoms with Crippen molar-refractivity contribution in [2.75, 3.05) is 18.7 Å². The predicted octanol–water partition coefficient (Wildman–Crippen LogP) is 6.40. The fourth-order valence-electron chi connectivity index (χ4n) is 5.61. The molecule has 0 aromatic heterocycles. The Kier molecular flexibility index (Phi) is 9.24. The van der Waals surface area contributed by atoms with Crippen LogP contribution in [-0.2, 0) is 11.2 Å². The second-order valence-electron chi connectivity index (χ2n) is 10.9. The minimum atomic E-state index is -0.495. The number of hydrogen-bond acceptors (Lipinski definition) is 5. The van der Waals surface area contributed by atoms with Gasteiger partial charge in [0.25, 0.3) is 11.8 Å². The molecule has 0 spiro atoms. The summed E-state index contributed by atoms with van der Waals surface area (Å²) in [5.41, 5.74) is 1.87. The Morgan fingerprint density at radius 1 is 0.905 bits per heavy atom. The molecule has 1 aliphatic heterocycles. The standard InChI is InChI=1S/C32H33Cl2N3O5/c1-20(17-21-7-10-23(11-8-21)37-30(39)28-24(33)5-4-6-25(28)34)36-31(40)32(13-2-3-14-32)15-16-35-29(38)22-9-12-26-27(18-22)42-19-41-26/h4-12,18,20H,2-3,13-17,19H2,1H3,(H,35,38)(H,36,40)(H,37,39). The summed E-state index contributed by atoms with van der Waals surface area (Å²) in [6.45, 7) is 2.54. The van der Waals surface area contributed by atoms with Crippen molar-refractivity contribution >= 4 is 46.6 Å². The first kappa shape index (κ1) is 29.7. The lowest BCUT2D eigenvalue weighted by molar-refractivity contribution is -0.131. The first-order valence-corrected chi connectivity index (χ1v) is 14.8. The van der Waals surface area contributed by atoms with Crippen LogP contribution in [0.15, 0.2) is 60.7 Å². The van der Waals surface area contributed by atoms with Crippen LogP contribution in [0.4, 0.5) is 5.69 Å². The van der Waals surface area contributed by atoms with Crippen LogP contribution in [0.2, 0.25) is 10.0 Å². The first-order valence-electron chi connectivity index (χ1n) is 14.1. The zero-order valence-corrected chi connectivity index (χ0v) is 24.8. The number of carbonyl (C=O) groups is 3. The number of halogens is 2. The molecule has 1 saturated carbocycles. The Labute approximate surface area is 255 Å². The van der Waals surface area contributed by atoms with Gasteiger partial charge in [-0.1, -0.05) is 54.2 Å². The van der Waals surface area contributed by atoms with E-state index in [1.807, 2.05) is 31.2 Å². The molecule has 8 nitrogen and oxygen atoms in total. The number of amides is 3. The van der Waals surface area contributed by atoms with E-state index in [9.17, 15) is 14.4 Å². The van der Waals surface area contributed by atoms with Crippen LogP contribution >= 0.6 is 23.2 Å². The van der Waals surface area contributed by atoms with Gasteiger partial charge < -0.3 is 25.4 Å². The summed E-state index contributed by atoms with van der Waals surface area (Å²) < 4.78 is 10.7. The molecule has 10 heteroatoms. The van der Waals surface area contributed by atoms with Crippen LogP contribution in [-0.4, -0.2) is 37.1 Å². The number of benzene rings is 3. The maximum Gasteiger partial charge on any atom is 0.258 e. The zero-order valence-electron chi connectivity index (χ0n) is 23.3. The zero-order chi connectivity index (χ0) is 29.7. The summed E-state index contributed by atoms with van der Waals surface area (Å²) in [5, 5.41) is 9.57. The Morgan fingerprint density at radius 2 is 1.60 bits per heavy atom. The SMILES string of the molecule is CC(Cc1ccc(NC(=O)c2c(Cl)cccc2Cl)cc1)NC(=O)C1(CCNC(=O)c2ccc3c(c2)OCO3)CCCC1. The Hall–Kier alpha value is -3.75. The van der Waals surface area contributed by atoms with Crippen LogP contribution < -0.4 is 25.4 Å². The molecule has 1 unspecified atom stereocenters. The van der Waals surface area contributed by atoms with Crippen LogP contribution in [0.5, 0.6) is 11.5 Å². The van der Waals surface area contributed by atoms with E-state index in [0.717, 1.165) is 31.2 Å². The number of hydrogen-bond donors (Lipinski definition) is 3. The predicted molar refractivity (Wildman–Crippen MR) is 163 cm³/mol. The van der Waals surface area contributed by atoms with Crippen molar-refractivity contribution in [3.05, 3.63) is 87.4 Å². The van der Waals surface area contributed by atoms with Gasteiger partial charge in [0, 0.05) is 23.8 Å². The lowest BCUT2D eigenvalue weighted by Gasteiger charge is -2.29. The maximum atomic E-state index is 13.5. The molecule has 3 aromatic carbocycles. The normalized spacial score (nSPS) is 15.6. The number of nitrogens with one attached hydrogen (secondary N) is 3. The number of anilines is 1. The first-order chi connectivity index (χ1) is 20.2. The highest BCUT2D eigenvalue weighted by Crippen LogP contribution is 2.41. The van der Waals surface area contributed by atoms with E-state index in [0.29, 0.717) is 42.1 Å². The molecule has 3 amide bonds. The molecule has 1 aliphatic carbocycles. The molecule has 0 radical (unpaired) electrons. The van der Waals surface area contributed by atoms with Gasteiger partial charge in [-0.25, -0.2) is 0 Å². The molecule has 0 saturated heterocycles. The van der Waals surface area contributed by atoms with Crippen molar-refractivity contribution in [3.63, 3.8) is 0 Å². The third-order valence-corrected chi connectivity index (χ3v) is 8.52. The van der Waals surface area contributed by atoms with Crippen molar-refractivity contribution in [1.82, 2.24) is 10.6 Å². The summed E-state index contributed by atoms with van der Waals surface area (Å²) in [6, 6.07) is 17.4. The van der Waals surface area contributed by atoms with Crippen molar-refractivity contribution in [3.8, 4) is 11.5 Å². The number of carbonyl (C=O) groups excluding carboxylic acids is 3. The molecule has 5 rings (SSSR count). The Morgan fingerprint density at radius 3 is 2.31 bits per heavy atom. The maximum absolute atomic E-state index is 13.5. The molecular formula is C32H33Cl2N3O5. The number of fused-ring (bicyclic) bond motifs is 1. The molecule has 2 aliphatic rings. The molecule has 0 bridgehead atoms. The molecular weight excluding hydrogens is 577 g/mol. The van der Waals surface area contributed by atoms with Gasteiger partial charge in [-0.2, -0.15) is 0 Å². The molecule has 3 N–H and O–H groups in total. The second-order valence-corrected chi connectivity index (χ2v) is 11.7. The second kappa shape index (κ2) is 13.0. The van der Waals surface area contributed by atoms with Crippen molar-refractivity contribution in [2.45, 2.75) is 51.5 Å². The minimum Gasteiger partial charge on any atom is -0.454 e. The lowest BCUT2D eigenvalue weighted by atomic mass is 9.81. The van der Waals surface area contributed by atoms with E-state index < -0.39 is 5.41 Å². The van der Waals surface area contributed by atoms with Crippen LogP contribution in [0.25, 0.3) is 0 Å². The van der Waals surface area contributed by atoms with Crippen molar-refractivity contribution < 1.29 is 23.9 Å². The summed E-state index contributed by atoms with van der Waals surface area (Å²) in [4.78, 5) is 38.9. The Bertz CT molecular complexity index is 1450. The van der Waals surface area contributed by atoms with E-state index in [4.69, 9.17) is 32.7 Å². The fourth-order valence-corrected chi connectivity index (χ4v) is 6.18. The molecule has 1 fully saturated rings. The summed E-state index contributed by atoms with van der Waals surface area (Å²) in [5.74, 6) is 0.636. The van der Waals surface area contributed by atoms with Gasteiger partial charge in [0.05, 0.1) is 21.0 Å². The highest BCUT2D eigenvalue weighted by atomic mass is 35.5. The van der Waals surface area contributed by atoms with Gasteiger partial charge in [0.2, 0.25) is 12.7 Å². The van der Waals surface area contributed by atoms with Crippen LogP contribution in [0.3, 0.4) is 0 Å². The third kappa shape index (κ3) is 6.82. The van der Waals surface area contributed by atoms with Gasteiger partial charge in [-0.05, 0) is 80.6 Å². The van der Waals surface area contributed by atoms with E-state index in [-0.39, 0.29) is 46.2 Å².